The Labute approximate surface area is 258 Å². The van der Waals surface area contributed by atoms with E-state index in [4.69, 9.17) is 4.74 Å². The molecule has 0 radical (unpaired) electrons. The predicted molar refractivity (Wildman–Crippen MR) is 168 cm³/mol. The van der Waals surface area contributed by atoms with Crippen LogP contribution in [0, 0.1) is 12.7 Å². The highest BCUT2D eigenvalue weighted by molar-refractivity contribution is 7.92. The average Bonchev–Trinajstić information content (AvgIpc) is 3.00. The number of rotatable bonds is 12. The van der Waals surface area contributed by atoms with Crippen LogP contribution in [0.5, 0.6) is 11.5 Å². The summed E-state index contributed by atoms with van der Waals surface area (Å²) in [5.41, 5.74) is 1.28. The lowest BCUT2D eigenvalue weighted by atomic mass is 10.1. The van der Waals surface area contributed by atoms with Crippen LogP contribution >= 0.6 is 0 Å². The Balaban J connectivity index is 1.71. The number of sulfonamides is 1. The normalized spacial score (nSPS) is 12.0. The Morgan fingerprint density at radius 2 is 1.41 bits per heavy atom. The van der Waals surface area contributed by atoms with Crippen molar-refractivity contribution in [3.05, 3.63) is 120 Å². The van der Waals surface area contributed by atoms with Gasteiger partial charge < -0.3 is 15.0 Å². The van der Waals surface area contributed by atoms with Crippen LogP contribution in [0.25, 0.3) is 0 Å². The number of amides is 2. The van der Waals surface area contributed by atoms with Gasteiger partial charge in [0, 0.05) is 18.2 Å². The Hall–Kier alpha value is -4.70. The van der Waals surface area contributed by atoms with Crippen molar-refractivity contribution in [3.63, 3.8) is 0 Å². The van der Waals surface area contributed by atoms with Crippen molar-refractivity contribution >= 4 is 27.5 Å². The second-order valence-corrected chi connectivity index (χ2v) is 12.5. The number of carbonyl (C=O) groups is 2. The second kappa shape index (κ2) is 14.2. The number of nitrogens with one attached hydrogen (secondary N) is 1. The predicted octanol–water partition coefficient (Wildman–Crippen LogP) is 6.06. The van der Waals surface area contributed by atoms with Crippen molar-refractivity contribution < 1.29 is 27.1 Å². The molecule has 0 aliphatic rings. The zero-order chi connectivity index (χ0) is 31.9. The number of ether oxygens (including phenoxy) is 1. The van der Waals surface area contributed by atoms with Gasteiger partial charge in [-0.05, 0) is 82.3 Å². The summed E-state index contributed by atoms with van der Waals surface area (Å²) in [5, 5.41) is 2.78. The third-order valence-electron chi connectivity index (χ3n) is 6.89. The van der Waals surface area contributed by atoms with E-state index in [0.29, 0.717) is 11.5 Å². The summed E-state index contributed by atoms with van der Waals surface area (Å²) >= 11 is 0. The molecule has 0 heterocycles. The van der Waals surface area contributed by atoms with Crippen molar-refractivity contribution in [2.75, 3.05) is 10.8 Å². The number of nitrogens with zero attached hydrogens (tertiary/aromatic N) is 2. The van der Waals surface area contributed by atoms with E-state index in [1.54, 1.807) is 68.4 Å². The summed E-state index contributed by atoms with van der Waals surface area (Å²) in [6, 6.07) is 26.5. The molecule has 0 saturated carbocycles. The smallest absolute Gasteiger partial charge is 0.264 e. The van der Waals surface area contributed by atoms with Crippen molar-refractivity contribution in [2.45, 2.75) is 51.2 Å². The van der Waals surface area contributed by atoms with E-state index in [9.17, 15) is 22.4 Å². The van der Waals surface area contributed by atoms with Crippen molar-refractivity contribution in [1.29, 1.82) is 0 Å². The number of anilines is 1. The van der Waals surface area contributed by atoms with Gasteiger partial charge in [0.2, 0.25) is 11.8 Å². The SMILES string of the molecule is Cc1ccc(S(=O)(=O)N(CC(=O)N(Cc2ccccc2F)[C@@H](C)C(=O)NC(C)C)c2ccc(Oc3ccccc3)cc2)cc1. The molecule has 0 fully saturated rings. The van der Waals surface area contributed by atoms with Crippen molar-refractivity contribution in [1.82, 2.24) is 10.2 Å². The molecule has 0 saturated heterocycles. The maximum atomic E-state index is 14.7. The van der Waals surface area contributed by atoms with Crippen LogP contribution in [0.4, 0.5) is 10.1 Å². The van der Waals surface area contributed by atoms with Crippen LogP contribution in [0.15, 0.2) is 108 Å². The average molecular weight is 618 g/mol. The quantitative estimate of drug-likeness (QED) is 0.208. The highest BCUT2D eigenvalue weighted by atomic mass is 32.2. The molecule has 4 rings (SSSR count). The molecule has 0 bridgehead atoms. The van der Waals surface area contributed by atoms with E-state index >= 15 is 0 Å². The molecular weight excluding hydrogens is 581 g/mol. The maximum absolute atomic E-state index is 14.7. The van der Waals surface area contributed by atoms with Crippen LogP contribution in [0.2, 0.25) is 0 Å². The van der Waals surface area contributed by atoms with Gasteiger partial charge in [-0.15, -0.1) is 0 Å². The number of carbonyl (C=O) groups excluding carboxylic acids is 2. The first-order valence-electron chi connectivity index (χ1n) is 14.2. The van der Waals surface area contributed by atoms with Crippen LogP contribution < -0.4 is 14.4 Å². The van der Waals surface area contributed by atoms with E-state index in [1.807, 2.05) is 25.1 Å². The molecule has 1 atom stereocenters. The van der Waals surface area contributed by atoms with E-state index < -0.39 is 40.2 Å². The molecule has 2 amide bonds. The van der Waals surface area contributed by atoms with E-state index in [0.717, 1.165) is 9.87 Å². The number of hydrogen-bond donors (Lipinski definition) is 1. The van der Waals surface area contributed by atoms with Gasteiger partial charge in [-0.1, -0.05) is 54.1 Å². The summed E-state index contributed by atoms with van der Waals surface area (Å²) in [6.07, 6.45) is 0. The van der Waals surface area contributed by atoms with E-state index in [-0.39, 0.29) is 28.7 Å². The van der Waals surface area contributed by atoms with Gasteiger partial charge in [0.05, 0.1) is 10.6 Å². The molecule has 0 spiro atoms. The van der Waals surface area contributed by atoms with Gasteiger partial charge in [0.25, 0.3) is 10.0 Å². The summed E-state index contributed by atoms with van der Waals surface area (Å²) < 4.78 is 49.6. The van der Waals surface area contributed by atoms with Gasteiger partial charge >= 0.3 is 0 Å². The Morgan fingerprint density at radius 3 is 2.02 bits per heavy atom. The molecule has 1 N–H and O–H groups in total. The zero-order valence-corrected chi connectivity index (χ0v) is 25.9. The van der Waals surface area contributed by atoms with E-state index in [2.05, 4.69) is 5.32 Å². The first kappa shape index (κ1) is 32.2. The molecule has 44 heavy (non-hydrogen) atoms. The summed E-state index contributed by atoms with van der Waals surface area (Å²) in [4.78, 5) is 28.2. The van der Waals surface area contributed by atoms with Gasteiger partial charge in [-0.3, -0.25) is 13.9 Å². The standard InChI is InChI=1S/C34H36FN3O5S/c1-24(2)36-34(40)26(4)37(22-27-10-8-9-13-32(27)35)33(39)23-38(44(41,42)31-20-14-25(3)15-21-31)28-16-18-30(19-17-28)43-29-11-6-5-7-12-29/h5-21,24,26H,22-23H2,1-4H3,(H,36,40)/t26-/m0/s1. The first-order chi connectivity index (χ1) is 21.0. The number of benzene rings is 4. The fourth-order valence-corrected chi connectivity index (χ4v) is 5.88. The van der Waals surface area contributed by atoms with Crippen LogP contribution in [-0.4, -0.2) is 43.8 Å². The van der Waals surface area contributed by atoms with E-state index in [1.165, 1.54) is 42.2 Å². The fourth-order valence-electron chi connectivity index (χ4n) is 4.47. The van der Waals surface area contributed by atoms with Crippen LogP contribution in [0.3, 0.4) is 0 Å². The Kier molecular flexibility index (Phi) is 10.4. The molecule has 8 nitrogen and oxygen atoms in total. The molecule has 0 unspecified atom stereocenters. The van der Waals surface area contributed by atoms with Gasteiger partial charge in [0.1, 0.15) is 29.9 Å². The number of aryl methyl sites for hydroxylation is 1. The third kappa shape index (κ3) is 8.02. The molecular formula is C34H36FN3O5S. The lowest BCUT2D eigenvalue weighted by Gasteiger charge is -2.32. The molecule has 230 valence electrons. The zero-order valence-electron chi connectivity index (χ0n) is 25.1. The molecule has 4 aromatic carbocycles. The largest absolute Gasteiger partial charge is 0.457 e. The Morgan fingerprint density at radius 1 is 0.818 bits per heavy atom. The van der Waals surface area contributed by atoms with Gasteiger partial charge in [0.15, 0.2) is 0 Å². The topological polar surface area (TPSA) is 96.0 Å². The highest BCUT2D eigenvalue weighted by Gasteiger charge is 2.33. The summed E-state index contributed by atoms with van der Waals surface area (Å²) in [5.74, 6) is -0.587. The van der Waals surface area contributed by atoms with Gasteiger partial charge in [-0.2, -0.15) is 0 Å². The minimum atomic E-state index is -4.25. The summed E-state index contributed by atoms with van der Waals surface area (Å²) in [7, 11) is -4.25. The number of hydrogen-bond acceptors (Lipinski definition) is 5. The lowest BCUT2D eigenvalue weighted by Crippen LogP contribution is -2.52. The van der Waals surface area contributed by atoms with Crippen LogP contribution in [-0.2, 0) is 26.2 Å². The van der Waals surface area contributed by atoms with Crippen molar-refractivity contribution in [2.24, 2.45) is 0 Å². The molecule has 0 aliphatic heterocycles. The first-order valence-corrected chi connectivity index (χ1v) is 15.7. The fraction of sp³-hybridized carbons (Fsp3) is 0.235. The molecule has 10 heteroatoms. The van der Waals surface area contributed by atoms with Gasteiger partial charge in [-0.25, -0.2) is 12.8 Å². The summed E-state index contributed by atoms with van der Waals surface area (Å²) in [6.45, 7) is 6.07. The molecule has 0 aliphatic carbocycles. The second-order valence-electron chi connectivity index (χ2n) is 10.7. The minimum absolute atomic E-state index is 0.00762. The van der Waals surface area contributed by atoms with Crippen LogP contribution in [0.1, 0.15) is 31.9 Å². The number of halogens is 1. The maximum Gasteiger partial charge on any atom is 0.264 e. The monoisotopic (exact) mass is 617 g/mol. The lowest BCUT2D eigenvalue weighted by molar-refractivity contribution is -0.139. The number of para-hydroxylation sites is 1. The Bertz CT molecular complexity index is 1680. The third-order valence-corrected chi connectivity index (χ3v) is 8.68. The molecule has 0 aromatic heterocycles. The highest BCUT2D eigenvalue weighted by Crippen LogP contribution is 2.29. The van der Waals surface area contributed by atoms with Crippen molar-refractivity contribution in [3.8, 4) is 11.5 Å². The minimum Gasteiger partial charge on any atom is -0.457 e. The molecule has 4 aromatic rings.